The van der Waals surface area contributed by atoms with Crippen LogP contribution < -0.4 is 15.8 Å². The van der Waals surface area contributed by atoms with Crippen molar-refractivity contribution in [1.82, 2.24) is 15.2 Å². The molecule has 0 saturated carbocycles. The van der Waals surface area contributed by atoms with Crippen LogP contribution in [0.15, 0.2) is 53.7 Å². The van der Waals surface area contributed by atoms with E-state index in [1.54, 1.807) is 6.20 Å². The summed E-state index contributed by atoms with van der Waals surface area (Å²) in [5.41, 5.74) is 7.37. The molecule has 7 nitrogen and oxygen atoms in total. The van der Waals surface area contributed by atoms with Gasteiger partial charge >= 0.3 is 0 Å². The van der Waals surface area contributed by atoms with Gasteiger partial charge in [0.15, 0.2) is 5.96 Å². The zero-order chi connectivity index (χ0) is 21.2. The minimum Gasteiger partial charge on any atom is -0.487 e. The standard InChI is InChI=1S/C23H31N5O2/c1-2-25-23(28-12-6-8-19(16-28)14-22(24)29)27-15-18-7-5-10-21(13-18)30-17-20-9-3-4-11-26-20/h3-5,7,9-11,13,19H,2,6,8,12,14-17H2,1H3,(H2,24,29)(H,25,27). The van der Waals surface area contributed by atoms with E-state index in [9.17, 15) is 4.79 Å². The molecule has 160 valence electrons. The lowest BCUT2D eigenvalue weighted by atomic mass is 9.95. The number of carbonyl (C=O) groups is 1. The Hall–Kier alpha value is -3.09. The molecule has 1 aliphatic rings. The number of nitrogens with zero attached hydrogens (tertiary/aromatic N) is 3. The van der Waals surface area contributed by atoms with Gasteiger partial charge in [-0.15, -0.1) is 0 Å². The Bertz CT molecular complexity index is 840. The molecule has 1 unspecified atom stereocenters. The third kappa shape index (κ3) is 6.76. The van der Waals surface area contributed by atoms with Gasteiger partial charge in [0.2, 0.25) is 5.91 Å². The molecule has 0 spiro atoms. The van der Waals surface area contributed by atoms with Crippen LogP contribution >= 0.6 is 0 Å². The highest BCUT2D eigenvalue weighted by Gasteiger charge is 2.23. The van der Waals surface area contributed by atoms with E-state index in [-0.39, 0.29) is 5.91 Å². The molecule has 2 heterocycles. The van der Waals surface area contributed by atoms with Crippen molar-refractivity contribution in [2.45, 2.75) is 39.3 Å². The minimum atomic E-state index is -0.230. The second-order valence-electron chi connectivity index (χ2n) is 7.55. The molecule has 1 amide bonds. The molecule has 3 N–H and O–H groups in total. The highest BCUT2D eigenvalue weighted by atomic mass is 16.5. The number of aromatic nitrogens is 1. The Balaban J connectivity index is 1.62. The lowest BCUT2D eigenvalue weighted by Crippen LogP contribution is -2.47. The van der Waals surface area contributed by atoms with Gasteiger partial charge in [-0.25, -0.2) is 4.99 Å². The lowest BCUT2D eigenvalue weighted by molar-refractivity contribution is -0.119. The van der Waals surface area contributed by atoms with Crippen LogP contribution in [0.25, 0.3) is 0 Å². The fourth-order valence-electron chi connectivity index (χ4n) is 3.67. The molecule has 1 aliphatic heterocycles. The molecule has 1 saturated heterocycles. The van der Waals surface area contributed by atoms with Crippen molar-refractivity contribution in [1.29, 1.82) is 0 Å². The Kier molecular flexibility index (Phi) is 8.06. The summed E-state index contributed by atoms with van der Waals surface area (Å²) < 4.78 is 5.87. The number of rotatable bonds is 8. The molecule has 0 radical (unpaired) electrons. The summed E-state index contributed by atoms with van der Waals surface area (Å²) in [6.07, 6.45) is 4.28. The molecule has 1 fully saturated rings. The van der Waals surface area contributed by atoms with E-state index in [1.807, 2.05) is 42.5 Å². The van der Waals surface area contributed by atoms with Gasteiger partial charge in [-0.1, -0.05) is 18.2 Å². The molecule has 3 rings (SSSR count). The number of ether oxygens (including phenoxy) is 1. The van der Waals surface area contributed by atoms with E-state index < -0.39 is 0 Å². The van der Waals surface area contributed by atoms with Gasteiger partial charge < -0.3 is 20.7 Å². The monoisotopic (exact) mass is 409 g/mol. The molecule has 2 aromatic rings. The van der Waals surface area contributed by atoms with E-state index in [1.165, 1.54) is 0 Å². The zero-order valence-corrected chi connectivity index (χ0v) is 17.6. The molecule has 7 heteroatoms. The molecule has 1 atom stereocenters. The first-order chi connectivity index (χ1) is 14.6. The fraction of sp³-hybridized carbons (Fsp3) is 0.435. The lowest BCUT2D eigenvalue weighted by Gasteiger charge is -2.34. The Morgan fingerprint density at radius 1 is 1.33 bits per heavy atom. The average Bonchev–Trinajstić information content (AvgIpc) is 2.76. The third-order valence-corrected chi connectivity index (χ3v) is 5.07. The molecule has 0 aliphatic carbocycles. The number of guanidine groups is 1. The summed E-state index contributed by atoms with van der Waals surface area (Å²) in [5, 5.41) is 3.38. The quantitative estimate of drug-likeness (QED) is 0.517. The average molecular weight is 410 g/mol. The number of amides is 1. The summed E-state index contributed by atoms with van der Waals surface area (Å²) in [6.45, 7) is 5.59. The second-order valence-corrected chi connectivity index (χ2v) is 7.55. The Morgan fingerprint density at radius 3 is 3.00 bits per heavy atom. The number of carbonyl (C=O) groups excluding carboxylic acids is 1. The molecular weight excluding hydrogens is 378 g/mol. The van der Waals surface area contributed by atoms with Crippen LogP contribution in [0.2, 0.25) is 0 Å². The van der Waals surface area contributed by atoms with Crippen molar-refractivity contribution >= 4 is 11.9 Å². The van der Waals surface area contributed by atoms with E-state index in [2.05, 4.69) is 22.1 Å². The van der Waals surface area contributed by atoms with Crippen LogP contribution in [0.5, 0.6) is 5.75 Å². The van der Waals surface area contributed by atoms with Crippen molar-refractivity contribution in [2.24, 2.45) is 16.6 Å². The van der Waals surface area contributed by atoms with Crippen molar-refractivity contribution in [3.8, 4) is 5.75 Å². The van der Waals surface area contributed by atoms with Gasteiger partial charge in [-0.3, -0.25) is 9.78 Å². The van der Waals surface area contributed by atoms with E-state index >= 15 is 0 Å². The van der Waals surface area contributed by atoms with Crippen molar-refractivity contribution in [3.63, 3.8) is 0 Å². The maximum absolute atomic E-state index is 11.3. The summed E-state index contributed by atoms with van der Waals surface area (Å²) >= 11 is 0. The summed E-state index contributed by atoms with van der Waals surface area (Å²) in [4.78, 5) is 22.6. The van der Waals surface area contributed by atoms with E-state index in [0.29, 0.717) is 25.5 Å². The zero-order valence-electron chi connectivity index (χ0n) is 17.6. The third-order valence-electron chi connectivity index (χ3n) is 5.07. The number of piperidine rings is 1. The second kappa shape index (κ2) is 11.2. The number of primary amides is 1. The number of benzene rings is 1. The van der Waals surface area contributed by atoms with Gasteiger partial charge in [0.1, 0.15) is 12.4 Å². The molecular formula is C23H31N5O2. The topological polar surface area (TPSA) is 92.8 Å². The van der Waals surface area contributed by atoms with Crippen LogP contribution in [0.4, 0.5) is 0 Å². The predicted octanol–water partition coefficient (Wildman–Crippen LogP) is 2.71. The molecule has 1 aromatic heterocycles. The first-order valence-electron chi connectivity index (χ1n) is 10.6. The number of likely N-dealkylation sites (tertiary alicyclic amines) is 1. The number of aliphatic imine (C=N–C) groups is 1. The largest absolute Gasteiger partial charge is 0.487 e. The fourth-order valence-corrected chi connectivity index (χ4v) is 3.67. The minimum absolute atomic E-state index is 0.230. The van der Waals surface area contributed by atoms with Gasteiger partial charge in [-0.05, 0) is 55.5 Å². The van der Waals surface area contributed by atoms with Gasteiger partial charge in [0, 0.05) is 32.3 Å². The normalized spacial score (nSPS) is 16.9. The summed E-state index contributed by atoms with van der Waals surface area (Å²) in [6, 6.07) is 13.8. The molecule has 30 heavy (non-hydrogen) atoms. The van der Waals surface area contributed by atoms with Crippen LogP contribution in [-0.2, 0) is 17.9 Å². The van der Waals surface area contributed by atoms with E-state index in [4.69, 9.17) is 15.5 Å². The highest BCUT2D eigenvalue weighted by molar-refractivity contribution is 5.80. The maximum atomic E-state index is 11.3. The summed E-state index contributed by atoms with van der Waals surface area (Å²) in [5.74, 6) is 1.75. The maximum Gasteiger partial charge on any atom is 0.217 e. The number of hydrogen-bond acceptors (Lipinski definition) is 4. The van der Waals surface area contributed by atoms with Gasteiger partial charge in [-0.2, -0.15) is 0 Å². The van der Waals surface area contributed by atoms with Crippen LogP contribution in [0.3, 0.4) is 0 Å². The molecule has 0 bridgehead atoms. The van der Waals surface area contributed by atoms with Crippen LogP contribution in [0.1, 0.15) is 37.4 Å². The predicted molar refractivity (Wildman–Crippen MR) is 118 cm³/mol. The smallest absolute Gasteiger partial charge is 0.217 e. The first kappa shape index (κ1) is 21.6. The first-order valence-corrected chi connectivity index (χ1v) is 10.6. The van der Waals surface area contributed by atoms with Crippen molar-refractivity contribution in [3.05, 3.63) is 59.9 Å². The number of hydrogen-bond donors (Lipinski definition) is 2. The SMILES string of the molecule is CCNC(=NCc1cccc(OCc2ccccn2)c1)N1CCCC(CC(N)=O)C1. The highest BCUT2D eigenvalue weighted by Crippen LogP contribution is 2.20. The molecule has 1 aromatic carbocycles. The number of pyridine rings is 1. The van der Waals surface area contributed by atoms with Crippen molar-refractivity contribution < 1.29 is 9.53 Å². The number of nitrogens with one attached hydrogen (secondary N) is 1. The van der Waals surface area contributed by atoms with E-state index in [0.717, 1.165) is 55.4 Å². The van der Waals surface area contributed by atoms with Crippen LogP contribution in [0, 0.1) is 5.92 Å². The number of nitrogens with two attached hydrogens (primary N) is 1. The van der Waals surface area contributed by atoms with Crippen LogP contribution in [-0.4, -0.2) is 41.4 Å². The summed E-state index contributed by atoms with van der Waals surface area (Å²) in [7, 11) is 0. The van der Waals surface area contributed by atoms with Crippen molar-refractivity contribution in [2.75, 3.05) is 19.6 Å². The van der Waals surface area contributed by atoms with Gasteiger partial charge in [0.25, 0.3) is 0 Å². The van der Waals surface area contributed by atoms with Gasteiger partial charge in [0.05, 0.1) is 12.2 Å². The Morgan fingerprint density at radius 2 is 2.23 bits per heavy atom. The Labute approximate surface area is 178 Å².